The van der Waals surface area contributed by atoms with E-state index in [9.17, 15) is 0 Å². The van der Waals surface area contributed by atoms with Crippen LogP contribution in [-0.4, -0.2) is 21.1 Å². The van der Waals surface area contributed by atoms with E-state index in [1.54, 1.807) is 0 Å². The minimum atomic E-state index is 0.157. The number of aryl methyl sites for hydroxylation is 1. The van der Waals surface area contributed by atoms with Crippen LogP contribution in [0.1, 0.15) is 5.56 Å². The lowest BCUT2D eigenvalue weighted by atomic mass is 9.61. The number of nitrogens with zero attached hydrogens (tertiary/aromatic N) is 2. The molecule has 2 nitrogen and oxygen atoms in total. The van der Waals surface area contributed by atoms with Crippen LogP contribution in [0, 0.1) is 6.92 Å². The summed E-state index contributed by atoms with van der Waals surface area (Å²) >= 11 is 0. The summed E-state index contributed by atoms with van der Waals surface area (Å²) in [6.45, 7) is 2.34. The first kappa shape index (κ1) is 16.9. The van der Waals surface area contributed by atoms with Crippen molar-refractivity contribution < 1.29 is 0 Å². The summed E-state index contributed by atoms with van der Waals surface area (Å²) in [5.74, 6) is 0. The topological polar surface area (TPSA) is 6.48 Å². The zero-order chi connectivity index (χ0) is 19.3. The van der Waals surface area contributed by atoms with Crippen LogP contribution in [-0.2, 0) is 0 Å². The molecule has 0 atom stereocenters. The van der Waals surface area contributed by atoms with Crippen LogP contribution < -0.4 is 15.1 Å². The highest BCUT2D eigenvalue weighted by atomic mass is 15.2. The molecule has 0 fully saturated rings. The van der Waals surface area contributed by atoms with E-state index in [1.165, 1.54) is 44.3 Å². The van der Waals surface area contributed by atoms with Gasteiger partial charge < -0.3 is 9.62 Å². The normalized spacial score (nSPS) is 13.3. The average molecular weight is 362 g/mol. The van der Waals surface area contributed by atoms with Crippen molar-refractivity contribution in [1.29, 1.82) is 0 Å². The van der Waals surface area contributed by atoms with Gasteiger partial charge in [-0.2, -0.15) is 0 Å². The number of rotatable bonds is 2. The second kappa shape index (κ2) is 6.45. The molecule has 0 radical (unpaired) electrons. The smallest absolute Gasteiger partial charge is 0.394 e. The Labute approximate surface area is 167 Å². The Kier molecular flexibility index (Phi) is 3.90. The van der Waals surface area contributed by atoms with E-state index in [0.29, 0.717) is 0 Å². The van der Waals surface area contributed by atoms with E-state index < -0.39 is 0 Å². The lowest BCUT2D eigenvalue weighted by Gasteiger charge is -2.41. The molecule has 0 amide bonds. The second-order valence-corrected chi connectivity index (χ2v) is 7.69. The molecule has 1 aliphatic heterocycles. The molecule has 0 unspecified atom stereocenters. The summed E-state index contributed by atoms with van der Waals surface area (Å²) in [5, 5.41) is 2.63. The van der Waals surface area contributed by atoms with Gasteiger partial charge in [0.2, 0.25) is 0 Å². The molecule has 0 bridgehead atoms. The Morgan fingerprint density at radius 2 is 1.32 bits per heavy atom. The van der Waals surface area contributed by atoms with Gasteiger partial charge in [-0.15, -0.1) is 0 Å². The maximum atomic E-state index is 2.40. The van der Waals surface area contributed by atoms with E-state index in [0.717, 1.165) is 0 Å². The molecular weight excluding hydrogens is 339 g/mol. The van der Waals surface area contributed by atoms with Gasteiger partial charge >= 0.3 is 6.98 Å². The molecule has 0 saturated heterocycles. The maximum Gasteiger partial charge on any atom is 0.410 e. The summed E-state index contributed by atoms with van der Waals surface area (Å²) in [5.41, 5.74) is 7.76. The fraction of sp³-hybridized carbons (Fsp3) is 0.120. The summed E-state index contributed by atoms with van der Waals surface area (Å²) in [6, 6.07) is 30.8. The number of hydrogen-bond donors (Lipinski definition) is 0. The first-order chi connectivity index (χ1) is 13.6. The molecule has 0 aromatic heterocycles. The molecule has 5 rings (SSSR count). The molecule has 136 valence electrons. The van der Waals surface area contributed by atoms with Crippen molar-refractivity contribution in [3.8, 4) is 11.1 Å². The average Bonchev–Trinajstić information content (AvgIpc) is 2.72. The minimum absolute atomic E-state index is 0.157. The Balaban J connectivity index is 1.65. The van der Waals surface area contributed by atoms with Crippen LogP contribution in [0.25, 0.3) is 21.9 Å². The number of hydrogen-bond acceptors (Lipinski definition) is 2. The number of anilines is 2. The Hall–Kier alpha value is -3.20. The minimum Gasteiger partial charge on any atom is -0.394 e. The summed E-state index contributed by atoms with van der Waals surface area (Å²) in [6.07, 6.45) is 0. The molecule has 0 aliphatic carbocycles. The first-order valence-corrected chi connectivity index (χ1v) is 9.78. The maximum absolute atomic E-state index is 2.40. The van der Waals surface area contributed by atoms with E-state index >= 15 is 0 Å². The third-order valence-corrected chi connectivity index (χ3v) is 6.00. The summed E-state index contributed by atoms with van der Waals surface area (Å²) in [4.78, 5) is 4.79. The van der Waals surface area contributed by atoms with Crippen molar-refractivity contribution in [1.82, 2.24) is 0 Å². The fourth-order valence-electron chi connectivity index (χ4n) is 4.62. The van der Waals surface area contributed by atoms with E-state index in [4.69, 9.17) is 0 Å². The van der Waals surface area contributed by atoms with Crippen molar-refractivity contribution in [2.75, 3.05) is 23.7 Å². The van der Waals surface area contributed by atoms with Gasteiger partial charge in [0.15, 0.2) is 0 Å². The van der Waals surface area contributed by atoms with Crippen molar-refractivity contribution in [2.24, 2.45) is 0 Å². The van der Waals surface area contributed by atoms with Crippen molar-refractivity contribution in [3.63, 3.8) is 0 Å². The van der Waals surface area contributed by atoms with Crippen LogP contribution in [0.3, 0.4) is 0 Å². The predicted molar refractivity (Wildman–Crippen MR) is 123 cm³/mol. The summed E-state index contributed by atoms with van der Waals surface area (Å²) < 4.78 is 0. The van der Waals surface area contributed by atoms with Gasteiger partial charge in [-0.05, 0) is 60.7 Å². The molecule has 0 spiro atoms. The molecule has 4 aromatic rings. The zero-order valence-electron chi connectivity index (χ0n) is 16.6. The fourth-order valence-corrected chi connectivity index (χ4v) is 4.62. The summed E-state index contributed by atoms with van der Waals surface area (Å²) in [7, 11) is 4.40. The van der Waals surface area contributed by atoms with Gasteiger partial charge in [0.1, 0.15) is 0 Å². The van der Waals surface area contributed by atoms with Gasteiger partial charge in [-0.1, -0.05) is 72.8 Å². The van der Waals surface area contributed by atoms with Gasteiger partial charge in [-0.25, -0.2) is 0 Å². The van der Waals surface area contributed by atoms with Crippen molar-refractivity contribution in [2.45, 2.75) is 6.92 Å². The number of benzene rings is 4. The van der Waals surface area contributed by atoms with Gasteiger partial charge in [0.25, 0.3) is 0 Å². The zero-order valence-corrected chi connectivity index (χ0v) is 16.6. The van der Waals surface area contributed by atoms with Crippen molar-refractivity contribution >= 4 is 34.6 Å². The largest absolute Gasteiger partial charge is 0.410 e. The van der Waals surface area contributed by atoms with Gasteiger partial charge in [0.05, 0.1) is 0 Å². The lowest BCUT2D eigenvalue weighted by Crippen LogP contribution is -2.59. The molecule has 4 aromatic carbocycles. The van der Waals surface area contributed by atoms with E-state index in [-0.39, 0.29) is 6.98 Å². The Bertz CT molecular complexity index is 1140. The van der Waals surface area contributed by atoms with Crippen LogP contribution >= 0.6 is 0 Å². The van der Waals surface area contributed by atoms with Crippen LogP contribution in [0.2, 0.25) is 0 Å². The lowest BCUT2D eigenvalue weighted by molar-refractivity contribution is 1.19. The highest BCUT2D eigenvalue weighted by Gasteiger charge is 2.35. The first-order valence-electron chi connectivity index (χ1n) is 9.78. The highest BCUT2D eigenvalue weighted by Crippen LogP contribution is 2.39. The van der Waals surface area contributed by atoms with Crippen molar-refractivity contribution in [3.05, 3.63) is 90.5 Å². The third kappa shape index (κ3) is 2.50. The quantitative estimate of drug-likeness (QED) is 0.458. The second-order valence-electron chi connectivity index (χ2n) is 7.69. The molecular formula is C25H23BN2. The third-order valence-electron chi connectivity index (χ3n) is 6.00. The van der Waals surface area contributed by atoms with Gasteiger partial charge in [-0.3, -0.25) is 0 Å². The van der Waals surface area contributed by atoms with Crippen LogP contribution in [0.15, 0.2) is 84.9 Å². The van der Waals surface area contributed by atoms with Gasteiger partial charge in [0, 0.05) is 16.8 Å². The molecule has 0 N–H and O–H groups in total. The van der Waals surface area contributed by atoms with E-state index in [2.05, 4.69) is 116 Å². The molecule has 1 heterocycles. The highest BCUT2D eigenvalue weighted by molar-refractivity contribution is 6.81. The molecule has 0 saturated carbocycles. The van der Waals surface area contributed by atoms with Crippen LogP contribution in [0.5, 0.6) is 0 Å². The Morgan fingerprint density at radius 3 is 2.00 bits per heavy atom. The SMILES string of the molecule is Cc1ccccc1-c1cccc(B2N(C)c3cccc4cccc(c34)N2C)c1. The van der Waals surface area contributed by atoms with E-state index in [1.807, 2.05) is 0 Å². The Morgan fingerprint density at radius 1 is 0.679 bits per heavy atom. The predicted octanol–water partition coefficient (Wildman–Crippen LogP) is 5.10. The monoisotopic (exact) mass is 362 g/mol. The molecule has 3 heteroatoms. The van der Waals surface area contributed by atoms with Crippen LogP contribution in [0.4, 0.5) is 11.4 Å². The molecule has 28 heavy (non-hydrogen) atoms. The standard InChI is InChI=1S/C25H23BN2/c1-18-9-4-5-14-22(18)20-12-6-13-21(17-20)26-27(2)23-15-7-10-19-11-8-16-24(25(19)23)28(26)3/h4-17H,1-3H3. The molecule has 1 aliphatic rings.